The van der Waals surface area contributed by atoms with Crippen molar-refractivity contribution in [3.63, 3.8) is 0 Å². The zero-order valence-corrected chi connectivity index (χ0v) is 27.0. The quantitative estimate of drug-likeness (QED) is 0.223. The van der Waals surface area contributed by atoms with Gasteiger partial charge in [-0.2, -0.15) is 8.42 Å². The van der Waals surface area contributed by atoms with E-state index in [-0.39, 0.29) is 69.8 Å². The second-order valence-corrected chi connectivity index (χ2v) is 18.0. The van der Waals surface area contributed by atoms with Gasteiger partial charge in [0.2, 0.25) is 0 Å². The van der Waals surface area contributed by atoms with Crippen LogP contribution in [0.1, 0.15) is 113 Å². The fourth-order valence-corrected chi connectivity index (χ4v) is 11.4. The molecule has 0 amide bonds. The Hall–Kier alpha value is -1.25. The molecule has 0 aromatic rings. The number of allylic oxidation sites excluding steroid dienone is 2. The number of aliphatic hydroxyl groups excluding tert-OH is 1. The molecule has 5 aliphatic carbocycles. The summed E-state index contributed by atoms with van der Waals surface area (Å²) < 4.78 is 36.7. The highest BCUT2D eigenvalue weighted by atomic mass is 32.2. The summed E-state index contributed by atoms with van der Waals surface area (Å²) in [5, 5.41) is 10.9. The van der Waals surface area contributed by atoms with Crippen molar-refractivity contribution in [2.75, 3.05) is 12.4 Å². The van der Waals surface area contributed by atoms with Crippen molar-refractivity contribution < 1.29 is 32.4 Å². The zero-order valence-electron chi connectivity index (χ0n) is 26.2. The summed E-state index contributed by atoms with van der Waals surface area (Å²) in [6.45, 7) is 15.7. The number of ketones is 1. The van der Waals surface area contributed by atoms with E-state index < -0.39 is 21.3 Å². The first-order valence-electron chi connectivity index (χ1n) is 15.8. The molecule has 0 spiro atoms. The lowest BCUT2D eigenvalue weighted by molar-refractivity contribution is -0.202. The van der Waals surface area contributed by atoms with E-state index >= 15 is 0 Å². The third-order valence-corrected chi connectivity index (χ3v) is 14.6. The number of rotatable bonds is 5. The Morgan fingerprint density at radius 3 is 2.29 bits per heavy atom. The van der Waals surface area contributed by atoms with Gasteiger partial charge in [-0.15, -0.1) is 0 Å². The van der Waals surface area contributed by atoms with Crippen LogP contribution in [0.15, 0.2) is 11.6 Å². The minimum Gasteiger partial charge on any atom is -0.465 e. The molecule has 41 heavy (non-hydrogen) atoms. The Labute approximate surface area is 247 Å². The summed E-state index contributed by atoms with van der Waals surface area (Å²) in [5.74, 6) is -0.195. The maximum absolute atomic E-state index is 14.4. The molecule has 0 aliphatic heterocycles. The molecule has 4 fully saturated rings. The molecule has 232 valence electrons. The minimum absolute atomic E-state index is 0.0115. The Kier molecular flexibility index (Phi) is 7.32. The molecule has 5 aliphatic rings. The third-order valence-electron chi connectivity index (χ3n) is 13.8. The first-order chi connectivity index (χ1) is 18.7. The molecule has 9 atom stereocenters. The standard InChI is InChI=1S/C33H52O7S/c1-28(2)24-9-12-33(7)26(31(24,5)11-10-25(28)35)23(34)19-21-22-20-30(4,27(36)40-17-8-18-41(37,38)39)14-13-29(22,3)15-16-32(21,33)6/h19,22,24-26,35H,8-18,20H2,1-7H3,(H,37,38,39)/t22-,24-,25-,26+,29+,30-,31-,32+,33+/m0/s1. The molecule has 7 nitrogen and oxygen atoms in total. The van der Waals surface area contributed by atoms with Gasteiger partial charge >= 0.3 is 5.97 Å². The topological polar surface area (TPSA) is 118 Å². The molecule has 8 heteroatoms. The SMILES string of the molecule is CC1(C)[C@@H](O)CC[C@]2(C)[C@H]3C(=O)C=C4[C@@H]5C[C@@](C)(C(=O)OCCCS(=O)(=O)O)CC[C@]5(C)CC[C@@]4(C)[C@]3(C)CC[C@@H]12. The fraction of sp³-hybridized carbons (Fsp3) is 0.879. The van der Waals surface area contributed by atoms with Gasteiger partial charge in [-0.05, 0) is 116 Å². The van der Waals surface area contributed by atoms with Crippen LogP contribution in [-0.2, 0) is 24.4 Å². The van der Waals surface area contributed by atoms with Gasteiger partial charge < -0.3 is 9.84 Å². The predicted octanol–water partition coefficient (Wildman–Crippen LogP) is 6.15. The van der Waals surface area contributed by atoms with Crippen molar-refractivity contribution in [2.45, 2.75) is 119 Å². The molecule has 0 unspecified atom stereocenters. The second-order valence-electron chi connectivity index (χ2n) is 16.4. The molecular weight excluding hydrogens is 540 g/mol. The summed E-state index contributed by atoms with van der Waals surface area (Å²) in [7, 11) is -4.09. The van der Waals surface area contributed by atoms with Gasteiger partial charge in [0, 0.05) is 5.92 Å². The number of carbonyl (C=O) groups is 2. The van der Waals surface area contributed by atoms with E-state index in [1.165, 1.54) is 5.57 Å². The van der Waals surface area contributed by atoms with Gasteiger partial charge in [0.15, 0.2) is 5.78 Å². The monoisotopic (exact) mass is 592 g/mol. The van der Waals surface area contributed by atoms with Crippen molar-refractivity contribution in [1.29, 1.82) is 0 Å². The number of ether oxygens (including phenoxy) is 1. The summed E-state index contributed by atoms with van der Waals surface area (Å²) in [4.78, 5) is 27.8. The van der Waals surface area contributed by atoms with Crippen molar-refractivity contribution in [3.8, 4) is 0 Å². The molecule has 0 aromatic heterocycles. The summed E-state index contributed by atoms with van der Waals surface area (Å²) in [6.07, 6.45) is 9.60. The Morgan fingerprint density at radius 1 is 0.976 bits per heavy atom. The number of aliphatic hydroxyl groups is 1. The third kappa shape index (κ3) is 4.59. The van der Waals surface area contributed by atoms with Crippen molar-refractivity contribution in [2.24, 2.45) is 50.2 Å². The molecule has 5 rings (SSSR count). The minimum atomic E-state index is -4.09. The smallest absolute Gasteiger partial charge is 0.311 e. The zero-order chi connectivity index (χ0) is 30.4. The molecule has 0 bridgehead atoms. The van der Waals surface area contributed by atoms with Crippen LogP contribution in [0.3, 0.4) is 0 Å². The first-order valence-corrected chi connectivity index (χ1v) is 17.4. The largest absolute Gasteiger partial charge is 0.465 e. The van der Waals surface area contributed by atoms with E-state index in [9.17, 15) is 23.1 Å². The van der Waals surface area contributed by atoms with Gasteiger partial charge in [0.25, 0.3) is 10.1 Å². The number of hydrogen-bond donors (Lipinski definition) is 2. The second kappa shape index (κ2) is 9.62. The number of fused-ring (bicyclic) bond motifs is 7. The molecule has 0 radical (unpaired) electrons. The van der Waals surface area contributed by atoms with Crippen LogP contribution in [0.5, 0.6) is 0 Å². The van der Waals surface area contributed by atoms with E-state index in [1.54, 1.807) is 0 Å². The summed E-state index contributed by atoms with van der Waals surface area (Å²) in [5.41, 5.74) is -0.196. The molecular formula is C33H52O7S. The fourth-order valence-electron chi connectivity index (χ4n) is 10.9. The number of carbonyl (C=O) groups excluding carboxylic acids is 2. The highest BCUT2D eigenvalue weighted by Crippen LogP contribution is 2.75. The van der Waals surface area contributed by atoms with E-state index in [0.29, 0.717) is 18.8 Å². The number of esters is 1. The molecule has 0 saturated heterocycles. The Balaban J connectivity index is 1.46. The lowest BCUT2D eigenvalue weighted by Gasteiger charge is -2.70. The normalized spacial score (nSPS) is 47.2. The lowest BCUT2D eigenvalue weighted by Crippen LogP contribution is -2.66. The number of hydrogen-bond acceptors (Lipinski definition) is 6. The van der Waals surface area contributed by atoms with Crippen LogP contribution < -0.4 is 0 Å². The van der Waals surface area contributed by atoms with E-state index in [2.05, 4.69) is 41.5 Å². The van der Waals surface area contributed by atoms with Crippen molar-refractivity contribution >= 4 is 21.9 Å². The molecule has 4 saturated carbocycles. The highest BCUT2D eigenvalue weighted by molar-refractivity contribution is 7.85. The maximum atomic E-state index is 14.4. The van der Waals surface area contributed by atoms with Gasteiger partial charge in [0.1, 0.15) is 0 Å². The van der Waals surface area contributed by atoms with Crippen molar-refractivity contribution in [1.82, 2.24) is 0 Å². The van der Waals surface area contributed by atoms with Gasteiger partial charge in [-0.25, -0.2) is 0 Å². The van der Waals surface area contributed by atoms with Gasteiger partial charge in [0.05, 0.1) is 23.9 Å². The Morgan fingerprint density at radius 2 is 1.63 bits per heavy atom. The van der Waals surface area contributed by atoms with Crippen LogP contribution >= 0.6 is 0 Å². The molecule has 2 N–H and O–H groups in total. The first kappa shape index (κ1) is 31.2. The van der Waals surface area contributed by atoms with E-state index in [1.807, 2.05) is 13.0 Å². The van der Waals surface area contributed by atoms with Crippen LogP contribution in [0.25, 0.3) is 0 Å². The van der Waals surface area contributed by atoms with Crippen LogP contribution in [-0.4, -0.2) is 48.3 Å². The molecule has 0 heterocycles. The molecule has 0 aromatic carbocycles. The average molecular weight is 593 g/mol. The Bertz CT molecular complexity index is 1250. The van der Waals surface area contributed by atoms with Crippen LogP contribution in [0, 0.1) is 50.2 Å². The van der Waals surface area contributed by atoms with Crippen LogP contribution in [0.4, 0.5) is 0 Å². The predicted molar refractivity (Wildman–Crippen MR) is 157 cm³/mol. The average Bonchev–Trinajstić information content (AvgIpc) is 2.86. The van der Waals surface area contributed by atoms with E-state index in [4.69, 9.17) is 9.29 Å². The summed E-state index contributed by atoms with van der Waals surface area (Å²) >= 11 is 0. The van der Waals surface area contributed by atoms with Crippen LogP contribution in [0.2, 0.25) is 0 Å². The van der Waals surface area contributed by atoms with Gasteiger partial charge in [-0.3, -0.25) is 14.1 Å². The highest BCUT2D eigenvalue weighted by Gasteiger charge is 2.70. The van der Waals surface area contributed by atoms with E-state index in [0.717, 1.165) is 44.9 Å². The lowest BCUT2D eigenvalue weighted by atomic mass is 9.33. The van der Waals surface area contributed by atoms with Gasteiger partial charge in [-0.1, -0.05) is 47.1 Å². The van der Waals surface area contributed by atoms with Crippen molar-refractivity contribution in [3.05, 3.63) is 11.6 Å². The maximum Gasteiger partial charge on any atom is 0.311 e. The summed E-state index contributed by atoms with van der Waals surface area (Å²) in [6, 6.07) is 0.